The summed E-state index contributed by atoms with van der Waals surface area (Å²) in [6.45, 7) is 0. The molecule has 1 heterocycles. The topological polar surface area (TPSA) is 26.0 Å². The van der Waals surface area contributed by atoms with Crippen molar-refractivity contribution in [2.75, 3.05) is 0 Å². The third kappa shape index (κ3) is 4.86. The summed E-state index contributed by atoms with van der Waals surface area (Å²) in [6, 6.07) is 49.2. The minimum atomic E-state index is -0.430. The average molecular weight is 536 g/mol. The maximum Gasteiger partial charge on any atom is 0.0151 e. The molecule has 196 valence electrons. The maximum absolute atomic E-state index is 7.22. The molecule has 0 amide bonds. The van der Waals surface area contributed by atoms with Gasteiger partial charge in [-0.05, 0) is 85.8 Å². The quantitative estimate of drug-likeness (QED) is 0.211. The summed E-state index contributed by atoms with van der Waals surface area (Å²) >= 11 is 0. The first-order valence-electron chi connectivity index (χ1n) is 14.3. The highest BCUT2D eigenvalue weighted by molar-refractivity contribution is 7.57. The molecule has 1 nitrogen and oxygen atoms in total. The van der Waals surface area contributed by atoms with Crippen molar-refractivity contribution in [3.63, 3.8) is 0 Å². The van der Waals surface area contributed by atoms with E-state index in [0.717, 1.165) is 25.2 Å². The highest BCUT2D eigenvalue weighted by Crippen LogP contribution is 2.57. The lowest BCUT2D eigenvalue weighted by atomic mass is 9.88. The average Bonchev–Trinajstić information content (AvgIpc) is 3.18. The molecule has 2 atom stereocenters. The SMILES string of the molecule is N[C@H](Cc1ccccc1)C(Cc1ccccc1)P1Cc2ccc3ccccc3c2-c2c(ccc3ccccc23)C1. The molecule has 1 aliphatic heterocycles. The van der Waals surface area contributed by atoms with Crippen LogP contribution in [0.15, 0.2) is 133 Å². The van der Waals surface area contributed by atoms with Crippen LogP contribution >= 0.6 is 7.92 Å². The van der Waals surface area contributed by atoms with Crippen LogP contribution in [0, 0.1) is 0 Å². The molecule has 7 rings (SSSR count). The Kier molecular flexibility index (Phi) is 6.94. The second kappa shape index (κ2) is 11.0. The van der Waals surface area contributed by atoms with Crippen molar-refractivity contribution in [1.29, 1.82) is 0 Å². The Bertz CT molecular complexity index is 1690. The van der Waals surface area contributed by atoms with E-state index in [-0.39, 0.29) is 6.04 Å². The summed E-state index contributed by atoms with van der Waals surface area (Å²) in [5.41, 5.74) is 16.2. The molecule has 0 aromatic heterocycles. The smallest absolute Gasteiger partial charge is 0.0151 e. The first-order valence-corrected chi connectivity index (χ1v) is 16.1. The van der Waals surface area contributed by atoms with Gasteiger partial charge in [0.25, 0.3) is 0 Å². The van der Waals surface area contributed by atoms with Crippen molar-refractivity contribution in [3.8, 4) is 11.1 Å². The molecule has 1 unspecified atom stereocenters. The number of benzene rings is 6. The van der Waals surface area contributed by atoms with Crippen LogP contribution in [0.3, 0.4) is 0 Å². The van der Waals surface area contributed by atoms with Gasteiger partial charge in [-0.15, -0.1) is 0 Å². The number of hydrogen-bond donors (Lipinski definition) is 1. The summed E-state index contributed by atoms with van der Waals surface area (Å²) in [5, 5.41) is 5.35. The molecule has 1 aliphatic rings. The molecule has 2 heteroatoms. The Morgan fingerprint density at radius 3 is 1.48 bits per heavy atom. The van der Waals surface area contributed by atoms with E-state index in [4.69, 9.17) is 5.73 Å². The van der Waals surface area contributed by atoms with Gasteiger partial charge in [0.15, 0.2) is 0 Å². The molecular formula is C38H34NP. The van der Waals surface area contributed by atoms with Gasteiger partial charge in [0.1, 0.15) is 0 Å². The maximum atomic E-state index is 7.22. The zero-order valence-corrected chi connectivity index (χ0v) is 23.6. The highest BCUT2D eigenvalue weighted by atomic mass is 31.1. The minimum Gasteiger partial charge on any atom is -0.327 e. The Morgan fingerprint density at radius 1 is 0.500 bits per heavy atom. The van der Waals surface area contributed by atoms with Gasteiger partial charge < -0.3 is 5.73 Å². The van der Waals surface area contributed by atoms with E-state index < -0.39 is 7.92 Å². The first kappa shape index (κ1) is 25.2. The lowest BCUT2D eigenvalue weighted by Crippen LogP contribution is -2.37. The van der Waals surface area contributed by atoms with Gasteiger partial charge >= 0.3 is 0 Å². The molecule has 0 spiro atoms. The molecule has 0 saturated heterocycles. The highest BCUT2D eigenvalue weighted by Gasteiger charge is 2.32. The number of hydrogen-bond acceptors (Lipinski definition) is 1. The van der Waals surface area contributed by atoms with Gasteiger partial charge in [0.2, 0.25) is 0 Å². The van der Waals surface area contributed by atoms with Gasteiger partial charge in [-0.1, -0.05) is 141 Å². The van der Waals surface area contributed by atoms with Gasteiger partial charge in [-0.2, -0.15) is 0 Å². The summed E-state index contributed by atoms with van der Waals surface area (Å²) in [5.74, 6) is 0. The fourth-order valence-electron chi connectivity index (χ4n) is 6.64. The van der Waals surface area contributed by atoms with E-state index in [9.17, 15) is 0 Å². The van der Waals surface area contributed by atoms with E-state index >= 15 is 0 Å². The Balaban J connectivity index is 1.39. The normalized spacial score (nSPS) is 14.8. The molecule has 40 heavy (non-hydrogen) atoms. The molecule has 6 aromatic carbocycles. The predicted octanol–water partition coefficient (Wildman–Crippen LogP) is 9.34. The summed E-state index contributed by atoms with van der Waals surface area (Å²) in [6.07, 6.45) is 4.12. The summed E-state index contributed by atoms with van der Waals surface area (Å²) in [4.78, 5) is 0. The molecule has 2 N–H and O–H groups in total. The number of rotatable bonds is 6. The van der Waals surface area contributed by atoms with Crippen molar-refractivity contribution < 1.29 is 0 Å². The van der Waals surface area contributed by atoms with Crippen LogP contribution in [-0.2, 0) is 25.2 Å². The van der Waals surface area contributed by atoms with Crippen LogP contribution in [0.1, 0.15) is 22.3 Å². The largest absolute Gasteiger partial charge is 0.327 e. The molecule has 0 aliphatic carbocycles. The Labute approximate surface area is 238 Å². The third-order valence-corrected chi connectivity index (χ3v) is 11.6. The van der Waals surface area contributed by atoms with Crippen LogP contribution in [0.4, 0.5) is 0 Å². The Hall–Kier alpha value is -3.77. The fraction of sp³-hybridized carbons (Fsp3) is 0.158. The monoisotopic (exact) mass is 535 g/mol. The molecule has 0 radical (unpaired) electrons. The molecule has 6 aromatic rings. The van der Waals surface area contributed by atoms with Crippen molar-refractivity contribution in [3.05, 3.63) is 156 Å². The molecule has 0 fully saturated rings. The van der Waals surface area contributed by atoms with Crippen molar-refractivity contribution in [2.24, 2.45) is 5.73 Å². The van der Waals surface area contributed by atoms with Crippen LogP contribution in [-0.4, -0.2) is 11.7 Å². The Morgan fingerprint density at radius 2 is 0.950 bits per heavy atom. The second-order valence-corrected chi connectivity index (χ2v) is 13.6. The van der Waals surface area contributed by atoms with Crippen molar-refractivity contribution in [1.82, 2.24) is 0 Å². The van der Waals surface area contributed by atoms with E-state index in [1.165, 1.54) is 54.9 Å². The standard InChI is InChI=1S/C38H34NP/c39-35(23-27-11-3-1-4-12-27)36(24-28-13-5-2-6-14-28)40-25-31-21-19-29-15-7-9-17-33(29)37(31)38-32(26-40)22-20-30-16-8-10-18-34(30)38/h1-22,35-36H,23-26,39H2/t35-,36?/m1/s1. The lowest BCUT2D eigenvalue weighted by Gasteiger charge is -2.33. The van der Waals surface area contributed by atoms with Gasteiger partial charge in [0.05, 0.1) is 0 Å². The zero-order chi connectivity index (χ0) is 26.9. The van der Waals surface area contributed by atoms with E-state index in [1.807, 2.05) is 0 Å². The van der Waals surface area contributed by atoms with Gasteiger partial charge in [-0.3, -0.25) is 0 Å². The van der Waals surface area contributed by atoms with Gasteiger partial charge in [-0.25, -0.2) is 0 Å². The molecule has 0 bridgehead atoms. The summed E-state index contributed by atoms with van der Waals surface area (Å²) < 4.78 is 0. The van der Waals surface area contributed by atoms with Crippen molar-refractivity contribution >= 4 is 29.5 Å². The second-order valence-electron chi connectivity index (χ2n) is 11.2. The minimum absolute atomic E-state index is 0.0969. The zero-order valence-electron chi connectivity index (χ0n) is 22.7. The van der Waals surface area contributed by atoms with Crippen LogP contribution in [0.5, 0.6) is 0 Å². The predicted molar refractivity (Wildman–Crippen MR) is 173 cm³/mol. The lowest BCUT2D eigenvalue weighted by molar-refractivity contribution is 0.616. The van der Waals surface area contributed by atoms with Crippen LogP contribution in [0.25, 0.3) is 32.7 Å². The van der Waals surface area contributed by atoms with Crippen LogP contribution < -0.4 is 5.73 Å². The van der Waals surface area contributed by atoms with Crippen LogP contribution in [0.2, 0.25) is 0 Å². The molecule has 0 saturated carbocycles. The third-order valence-electron chi connectivity index (χ3n) is 8.59. The van der Waals surface area contributed by atoms with E-state index in [1.54, 1.807) is 0 Å². The van der Waals surface area contributed by atoms with Gasteiger partial charge in [0, 0.05) is 6.04 Å². The number of nitrogens with two attached hydrogens (primary N) is 1. The number of fused-ring (bicyclic) bond motifs is 7. The van der Waals surface area contributed by atoms with E-state index in [2.05, 4.69) is 133 Å². The van der Waals surface area contributed by atoms with Crippen molar-refractivity contribution in [2.45, 2.75) is 36.9 Å². The fourth-order valence-corrected chi connectivity index (χ4v) is 9.74. The summed E-state index contributed by atoms with van der Waals surface area (Å²) in [7, 11) is -0.430. The van der Waals surface area contributed by atoms with E-state index in [0.29, 0.717) is 5.66 Å². The molecular weight excluding hydrogens is 501 g/mol. The first-order chi connectivity index (χ1) is 19.7.